The van der Waals surface area contributed by atoms with Gasteiger partial charge in [-0.25, -0.2) is 8.42 Å². The second-order valence-corrected chi connectivity index (χ2v) is 7.77. The van der Waals surface area contributed by atoms with Crippen molar-refractivity contribution < 1.29 is 23.2 Å². The molecule has 1 fully saturated rings. The Balaban J connectivity index is 2.28. The monoisotopic (exact) mass is 392 g/mol. The molecule has 0 unspecified atom stereocenters. The Morgan fingerprint density at radius 3 is 2.41 bits per heavy atom. The minimum atomic E-state index is -3.88. The maximum absolute atomic E-state index is 12.5. The van der Waals surface area contributed by atoms with Crippen molar-refractivity contribution in [3.8, 4) is 0 Å². The molecule has 10 heteroatoms. The number of nitrogens with zero attached hydrogens (tertiary/aromatic N) is 2. The summed E-state index contributed by atoms with van der Waals surface area (Å²) in [5.41, 5.74) is -0.326. The molecule has 1 heterocycles. The van der Waals surface area contributed by atoms with Gasteiger partial charge in [0.1, 0.15) is 0 Å². The number of aliphatic carboxylic acids is 1. The third-order valence-electron chi connectivity index (χ3n) is 3.51. The number of nitro benzene ring substituents is 1. The number of rotatable bonds is 4. The number of sulfonamides is 1. The molecule has 1 saturated heterocycles. The van der Waals surface area contributed by atoms with Gasteiger partial charge in [0, 0.05) is 29.7 Å². The van der Waals surface area contributed by atoms with Gasteiger partial charge in [-0.15, -0.1) is 0 Å². The average Bonchev–Trinajstić information content (AvgIpc) is 2.46. The van der Waals surface area contributed by atoms with Crippen LogP contribution in [0.5, 0.6) is 0 Å². The van der Waals surface area contributed by atoms with Crippen molar-refractivity contribution in [3.05, 3.63) is 32.8 Å². The van der Waals surface area contributed by atoms with Crippen molar-refractivity contribution in [2.75, 3.05) is 13.1 Å². The Morgan fingerprint density at radius 1 is 1.32 bits per heavy atom. The predicted molar refractivity (Wildman–Crippen MR) is 79.9 cm³/mol. The van der Waals surface area contributed by atoms with Gasteiger partial charge >= 0.3 is 5.97 Å². The fourth-order valence-electron chi connectivity index (χ4n) is 2.29. The Labute approximate surface area is 135 Å². The van der Waals surface area contributed by atoms with Gasteiger partial charge in [-0.05, 0) is 18.9 Å². The standard InChI is InChI=1S/C12H13BrN2O6S/c13-9-5-10(15(18)19)7-11(6-9)22(20,21)14-3-1-8(2-4-14)12(16)17/h5-8H,1-4H2,(H,16,17). The van der Waals surface area contributed by atoms with E-state index in [1.165, 1.54) is 12.1 Å². The smallest absolute Gasteiger partial charge is 0.306 e. The van der Waals surface area contributed by atoms with Gasteiger partial charge in [0.15, 0.2) is 0 Å². The minimum absolute atomic E-state index is 0.0829. The van der Waals surface area contributed by atoms with E-state index < -0.39 is 26.8 Å². The fourth-order valence-corrected chi connectivity index (χ4v) is 4.46. The maximum atomic E-state index is 12.5. The zero-order chi connectivity index (χ0) is 16.5. The number of non-ortho nitro benzene ring substituents is 1. The molecule has 120 valence electrons. The normalized spacial score (nSPS) is 17.3. The van der Waals surface area contributed by atoms with Crippen LogP contribution >= 0.6 is 15.9 Å². The van der Waals surface area contributed by atoms with Gasteiger partial charge in [-0.3, -0.25) is 14.9 Å². The predicted octanol–water partition coefficient (Wildman–Crippen LogP) is 1.84. The van der Waals surface area contributed by atoms with Crippen LogP contribution in [0.2, 0.25) is 0 Å². The number of carbonyl (C=O) groups is 1. The van der Waals surface area contributed by atoms with Crippen molar-refractivity contribution in [3.63, 3.8) is 0 Å². The van der Waals surface area contributed by atoms with Crippen molar-refractivity contribution in [1.82, 2.24) is 4.31 Å². The molecule has 1 aliphatic rings. The zero-order valence-electron chi connectivity index (χ0n) is 11.3. The van der Waals surface area contributed by atoms with Crippen LogP contribution in [-0.2, 0) is 14.8 Å². The molecular weight excluding hydrogens is 380 g/mol. The van der Waals surface area contributed by atoms with Crippen LogP contribution in [0.4, 0.5) is 5.69 Å². The highest BCUT2D eigenvalue weighted by Gasteiger charge is 2.32. The number of nitro groups is 1. The largest absolute Gasteiger partial charge is 0.481 e. The number of hydrogen-bond acceptors (Lipinski definition) is 5. The van der Waals surface area contributed by atoms with Crippen LogP contribution in [0, 0.1) is 16.0 Å². The summed E-state index contributed by atoms with van der Waals surface area (Å²) in [5.74, 6) is -1.49. The van der Waals surface area contributed by atoms with Crippen molar-refractivity contribution in [1.29, 1.82) is 0 Å². The number of carboxylic acid groups (broad SMARTS) is 1. The Bertz CT molecular complexity index is 712. The van der Waals surface area contributed by atoms with E-state index in [0.717, 1.165) is 10.4 Å². The van der Waals surface area contributed by atoms with E-state index in [0.29, 0.717) is 4.47 Å². The van der Waals surface area contributed by atoms with Crippen LogP contribution in [0.25, 0.3) is 0 Å². The first kappa shape index (κ1) is 16.8. The number of carboxylic acids is 1. The SMILES string of the molecule is O=C(O)C1CCN(S(=O)(=O)c2cc(Br)cc([N+](=O)[O-])c2)CC1. The van der Waals surface area contributed by atoms with E-state index in [2.05, 4.69) is 15.9 Å². The van der Waals surface area contributed by atoms with E-state index in [1.807, 2.05) is 0 Å². The van der Waals surface area contributed by atoms with Crippen molar-refractivity contribution in [2.24, 2.45) is 5.92 Å². The molecule has 1 aromatic rings. The number of halogens is 1. The highest BCUT2D eigenvalue weighted by molar-refractivity contribution is 9.10. The lowest BCUT2D eigenvalue weighted by Gasteiger charge is -2.29. The topological polar surface area (TPSA) is 118 Å². The molecular formula is C12H13BrN2O6S. The molecule has 0 amide bonds. The highest BCUT2D eigenvalue weighted by atomic mass is 79.9. The first-order valence-electron chi connectivity index (χ1n) is 6.40. The molecule has 0 radical (unpaired) electrons. The summed E-state index contributed by atoms with van der Waals surface area (Å²) in [6.45, 7) is 0.166. The summed E-state index contributed by atoms with van der Waals surface area (Å²) in [6.07, 6.45) is 0.454. The molecule has 1 aromatic carbocycles. The molecule has 0 aromatic heterocycles. The quantitative estimate of drug-likeness (QED) is 0.616. The Morgan fingerprint density at radius 2 is 1.91 bits per heavy atom. The van der Waals surface area contributed by atoms with Gasteiger partial charge in [-0.2, -0.15) is 4.31 Å². The Kier molecular flexibility index (Phi) is 4.83. The summed E-state index contributed by atoms with van der Waals surface area (Å²) in [6, 6.07) is 3.52. The van der Waals surface area contributed by atoms with Crippen molar-refractivity contribution in [2.45, 2.75) is 17.7 Å². The van der Waals surface area contributed by atoms with Crippen LogP contribution in [-0.4, -0.2) is 41.8 Å². The lowest BCUT2D eigenvalue weighted by atomic mass is 9.99. The van der Waals surface area contributed by atoms with E-state index in [-0.39, 0.29) is 36.5 Å². The zero-order valence-corrected chi connectivity index (χ0v) is 13.7. The molecule has 0 aliphatic carbocycles. The lowest BCUT2D eigenvalue weighted by molar-refractivity contribution is -0.385. The van der Waals surface area contributed by atoms with E-state index in [1.54, 1.807) is 0 Å². The molecule has 1 N–H and O–H groups in total. The average molecular weight is 393 g/mol. The summed E-state index contributed by atoms with van der Waals surface area (Å²) in [7, 11) is -3.88. The third-order valence-corrected chi connectivity index (χ3v) is 5.84. The molecule has 8 nitrogen and oxygen atoms in total. The molecule has 0 bridgehead atoms. The lowest BCUT2D eigenvalue weighted by Crippen LogP contribution is -2.40. The highest BCUT2D eigenvalue weighted by Crippen LogP contribution is 2.29. The van der Waals surface area contributed by atoms with Crippen LogP contribution < -0.4 is 0 Å². The molecule has 2 rings (SSSR count). The van der Waals surface area contributed by atoms with Gasteiger partial charge in [0.25, 0.3) is 5.69 Å². The summed E-state index contributed by atoms with van der Waals surface area (Å²) < 4.78 is 26.5. The second kappa shape index (κ2) is 6.31. The molecule has 0 saturated carbocycles. The summed E-state index contributed by atoms with van der Waals surface area (Å²) in [5, 5.41) is 19.8. The molecule has 0 spiro atoms. The number of hydrogen-bond donors (Lipinski definition) is 1. The third kappa shape index (κ3) is 3.45. The summed E-state index contributed by atoms with van der Waals surface area (Å²) >= 11 is 3.06. The molecule has 22 heavy (non-hydrogen) atoms. The van der Waals surface area contributed by atoms with Crippen LogP contribution in [0.15, 0.2) is 27.6 Å². The van der Waals surface area contributed by atoms with E-state index in [9.17, 15) is 23.3 Å². The number of benzene rings is 1. The first-order chi connectivity index (χ1) is 10.2. The van der Waals surface area contributed by atoms with Crippen LogP contribution in [0.1, 0.15) is 12.8 Å². The van der Waals surface area contributed by atoms with E-state index in [4.69, 9.17) is 5.11 Å². The minimum Gasteiger partial charge on any atom is -0.481 e. The van der Waals surface area contributed by atoms with Gasteiger partial charge in [0.2, 0.25) is 10.0 Å². The van der Waals surface area contributed by atoms with Gasteiger partial charge in [0.05, 0.1) is 15.7 Å². The van der Waals surface area contributed by atoms with Crippen molar-refractivity contribution >= 4 is 37.6 Å². The summed E-state index contributed by atoms with van der Waals surface area (Å²) in [4.78, 5) is 20.9. The molecule has 1 aliphatic heterocycles. The Hall–Kier alpha value is -1.52. The van der Waals surface area contributed by atoms with Crippen LogP contribution in [0.3, 0.4) is 0 Å². The fraction of sp³-hybridized carbons (Fsp3) is 0.417. The van der Waals surface area contributed by atoms with Gasteiger partial charge in [-0.1, -0.05) is 15.9 Å². The molecule has 0 atom stereocenters. The maximum Gasteiger partial charge on any atom is 0.306 e. The van der Waals surface area contributed by atoms with E-state index >= 15 is 0 Å². The number of piperidine rings is 1. The second-order valence-electron chi connectivity index (χ2n) is 4.92. The van der Waals surface area contributed by atoms with Gasteiger partial charge < -0.3 is 5.11 Å². The first-order valence-corrected chi connectivity index (χ1v) is 8.63.